The zero-order valence-electron chi connectivity index (χ0n) is 6.89. The van der Waals surface area contributed by atoms with Crippen molar-refractivity contribution in [2.75, 3.05) is 32.3 Å². The number of hydrogen-bond donors (Lipinski definition) is 3. The minimum Gasteiger partial charge on any atom is -0.346 e. The zero-order chi connectivity index (χ0) is 8.53. The third kappa shape index (κ3) is 10.1. The molecule has 1 saturated heterocycles. The molecule has 0 aromatic rings. The van der Waals surface area contributed by atoms with Crippen LogP contribution in [0.4, 0.5) is 0 Å². The summed E-state index contributed by atoms with van der Waals surface area (Å²) in [6.45, 7) is 6.24. The van der Waals surface area contributed by atoms with Crippen molar-refractivity contribution >= 4 is 8.03 Å². The maximum Gasteiger partial charge on any atom is 0.188 e. The summed E-state index contributed by atoms with van der Waals surface area (Å²) in [4.78, 5) is 7.91. The SMILES string of the molecule is C1CNCCN1.CC[PH](=O)O. The molecule has 3 N–H and O–H groups in total. The first-order chi connectivity index (χ1) is 5.27. The molecule has 0 bridgehead atoms. The number of nitrogens with one attached hydrogen (secondary N) is 2. The molecule has 0 aromatic heterocycles. The van der Waals surface area contributed by atoms with Crippen LogP contribution in [0.1, 0.15) is 6.92 Å². The van der Waals surface area contributed by atoms with E-state index in [0.717, 1.165) is 26.2 Å². The van der Waals surface area contributed by atoms with Gasteiger partial charge in [0.1, 0.15) is 0 Å². The summed E-state index contributed by atoms with van der Waals surface area (Å²) < 4.78 is 9.55. The van der Waals surface area contributed by atoms with Crippen LogP contribution in [0, 0.1) is 0 Å². The summed E-state index contributed by atoms with van der Waals surface area (Å²) in [6, 6.07) is 0. The predicted octanol–water partition coefficient (Wildman–Crippen LogP) is -0.348. The minimum atomic E-state index is -2.12. The van der Waals surface area contributed by atoms with E-state index < -0.39 is 8.03 Å². The molecule has 1 rings (SSSR count). The van der Waals surface area contributed by atoms with Gasteiger partial charge in [0.05, 0.1) is 0 Å². The van der Waals surface area contributed by atoms with E-state index in [1.807, 2.05) is 0 Å². The van der Waals surface area contributed by atoms with Gasteiger partial charge in [-0.1, -0.05) is 6.92 Å². The van der Waals surface area contributed by atoms with Crippen LogP contribution in [0.5, 0.6) is 0 Å². The zero-order valence-corrected chi connectivity index (χ0v) is 7.89. The monoisotopic (exact) mass is 180 g/mol. The average molecular weight is 180 g/mol. The van der Waals surface area contributed by atoms with Gasteiger partial charge in [-0.2, -0.15) is 0 Å². The van der Waals surface area contributed by atoms with Gasteiger partial charge in [-0.05, 0) is 0 Å². The lowest BCUT2D eigenvalue weighted by atomic mass is 10.4. The van der Waals surface area contributed by atoms with Gasteiger partial charge in [0, 0.05) is 32.3 Å². The summed E-state index contributed by atoms with van der Waals surface area (Å²) >= 11 is 0. The standard InChI is InChI=1S/C4H10N2.C2H7O2P/c1-2-6-4-3-5-1;1-2-5(3)4/h5-6H,1-4H2;5H,2H2,1H3,(H,3,4). The van der Waals surface area contributed by atoms with Crippen LogP contribution in [0.3, 0.4) is 0 Å². The van der Waals surface area contributed by atoms with Crippen molar-refractivity contribution in [2.24, 2.45) is 0 Å². The van der Waals surface area contributed by atoms with Crippen molar-refractivity contribution in [1.29, 1.82) is 0 Å². The third-order valence-corrected chi connectivity index (χ3v) is 1.86. The van der Waals surface area contributed by atoms with Crippen molar-refractivity contribution in [2.45, 2.75) is 6.92 Å². The van der Waals surface area contributed by atoms with E-state index in [1.54, 1.807) is 6.92 Å². The molecule has 68 valence electrons. The Bertz CT molecular complexity index is 95.2. The second kappa shape index (κ2) is 8.21. The van der Waals surface area contributed by atoms with Crippen molar-refractivity contribution in [3.8, 4) is 0 Å². The highest BCUT2D eigenvalue weighted by atomic mass is 31.1. The first-order valence-electron chi connectivity index (χ1n) is 3.90. The van der Waals surface area contributed by atoms with Gasteiger partial charge in [-0.25, -0.2) is 0 Å². The second-order valence-electron chi connectivity index (χ2n) is 2.25. The van der Waals surface area contributed by atoms with Gasteiger partial charge in [0.25, 0.3) is 0 Å². The molecular formula is C6H17N2O2P. The van der Waals surface area contributed by atoms with Crippen molar-refractivity contribution in [3.63, 3.8) is 0 Å². The molecule has 0 radical (unpaired) electrons. The highest BCUT2D eigenvalue weighted by molar-refractivity contribution is 7.37. The van der Waals surface area contributed by atoms with E-state index in [9.17, 15) is 4.57 Å². The molecule has 11 heavy (non-hydrogen) atoms. The highest BCUT2D eigenvalue weighted by Crippen LogP contribution is 2.08. The minimum absolute atomic E-state index is 0.407. The number of rotatable bonds is 1. The molecule has 1 aliphatic heterocycles. The first-order valence-corrected chi connectivity index (χ1v) is 5.47. The van der Waals surface area contributed by atoms with E-state index in [0.29, 0.717) is 6.16 Å². The molecular weight excluding hydrogens is 163 g/mol. The van der Waals surface area contributed by atoms with Crippen LogP contribution in [-0.4, -0.2) is 37.2 Å². The van der Waals surface area contributed by atoms with Crippen molar-refractivity contribution in [1.82, 2.24) is 10.6 Å². The Morgan fingerprint density at radius 3 is 1.64 bits per heavy atom. The van der Waals surface area contributed by atoms with Gasteiger partial charge >= 0.3 is 0 Å². The smallest absolute Gasteiger partial charge is 0.188 e. The van der Waals surface area contributed by atoms with Gasteiger partial charge in [0.15, 0.2) is 8.03 Å². The van der Waals surface area contributed by atoms with E-state index in [-0.39, 0.29) is 0 Å². The quantitative estimate of drug-likeness (QED) is 0.483. The number of hydrogen-bond acceptors (Lipinski definition) is 3. The molecule has 0 spiro atoms. The molecule has 0 amide bonds. The van der Waals surface area contributed by atoms with Crippen molar-refractivity contribution < 1.29 is 9.46 Å². The summed E-state index contributed by atoms with van der Waals surface area (Å²) in [7, 11) is -2.12. The van der Waals surface area contributed by atoms with Gasteiger partial charge in [0.2, 0.25) is 0 Å². The lowest BCUT2D eigenvalue weighted by Crippen LogP contribution is -2.39. The first kappa shape index (κ1) is 11.1. The van der Waals surface area contributed by atoms with E-state index in [1.165, 1.54) is 0 Å². The molecule has 1 aliphatic rings. The molecule has 0 aromatic carbocycles. The Balaban J connectivity index is 0.000000187. The Kier molecular flexibility index (Phi) is 8.29. The van der Waals surface area contributed by atoms with E-state index in [2.05, 4.69) is 10.6 Å². The Morgan fingerprint density at radius 1 is 1.27 bits per heavy atom. The molecule has 1 fully saturated rings. The normalized spacial score (nSPS) is 19.8. The average Bonchev–Trinajstić information content (AvgIpc) is 2.09. The van der Waals surface area contributed by atoms with Crippen molar-refractivity contribution in [3.05, 3.63) is 0 Å². The molecule has 0 aliphatic carbocycles. The van der Waals surface area contributed by atoms with E-state index in [4.69, 9.17) is 4.89 Å². The summed E-state index contributed by atoms with van der Waals surface area (Å²) in [5, 5.41) is 6.44. The fourth-order valence-corrected chi connectivity index (χ4v) is 0.604. The summed E-state index contributed by atoms with van der Waals surface area (Å²) in [5.41, 5.74) is 0. The lowest BCUT2D eigenvalue weighted by molar-refractivity contribution is 0.504. The Morgan fingerprint density at radius 2 is 1.55 bits per heavy atom. The van der Waals surface area contributed by atoms with Crippen LogP contribution < -0.4 is 10.6 Å². The fourth-order valence-electron chi connectivity index (χ4n) is 0.604. The molecule has 1 unspecified atom stereocenters. The van der Waals surface area contributed by atoms with Crippen LogP contribution >= 0.6 is 8.03 Å². The molecule has 5 heteroatoms. The largest absolute Gasteiger partial charge is 0.346 e. The summed E-state index contributed by atoms with van der Waals surface area (Å²) in [6.07, 6.45) is 0.407. The lowest BCUT2D eigenvalue weighted by Gasteiger charge is -2.11. The Labute approximate surface area is 68.2 Å². The van der Waals surface area contributed by atoms with Gasteiger partial charge in [-0.3, -0.25) is 4.57 Å². The predicted molar refractivity (Wildman–Crippen MR) is 47.5 cm³/mol. The van der Waals surface area contributed by atoms with Crippen LogP contribution in [0.15, 0.2) is 0 Å². The number of piperazine rings is 1. The topological polar surface area (TPSA) is 61.4 Å². The maximum atomic E-state index is 9.55. The molecule has 1 atom stereocenters. The highest BCUT2D eigenvalue weighted by Gasteiger charge is 1.91. The van der Waals surface area contributed by atoms with E-state index >= 15 is 0 Å². The second-order valence-corrected chi connectivity index (χ2v) is 3.74. The summed E-state index contributed by atoms with van der Waals surface area (Å²) in [5.74, 6) is 0. The molecule has 1 heterocycles. The van der Waals surface area contributed by atoms with Crippen LogP contribution in [0.2, 0.25) is 0 Å². The molecule has 4 nitrogen and oxygen atoms in total. The molecule has 0 saturated carbocycles. The van der Waals surface area contributed by atoms with Crippen LogP contribution in [0.25, 0.3) is 0 Å². The van der Waals surface area contributed by atoms with Gasteiger partial charge in [-0.15, -0.1) is 0 Å². The van der Waals surface area contributed by atoms with Gasteiger partial charge < -0.3 is 15.5 Å². The third-order valence-electron chi connectivity index (χ3n) is 1.26. The van der Waals surface area contributed by atoms with Crippen LogP contribution in [-0.2, 0) is 4.57 Å². The Hall–Kier alpha value is 0.110. The maximum absolute atomic E-state index is 9.55. The fraction of sp³-hybridized carbons (Fsp3) is 1.00.